The molecule has 98 valence electrons. The Morgan fingerprint density at radius 2 is 2.17 bits per heavy atom. The molecule has 1 aliphatic heterocycles. The van der Waals surface area contributed by atoms with Crippen molar-refractivity contribution in [2.24, 2.45) is 5.92 Å². The summed E-state index contributed by atoms with van der Waals surface area (Å²) >= 11 is 0. The summed E-state index contributed by atoms with van der Waals surface area (Å²) in [4.78, 5) is 12.5. The molecule has 2 rings (SSSR count). The second-order valence-electron chi connectivity index (χ2n) is 5.07. The van der Waals surface area contributed by atoms with Gasteiger partial charge in [0.15, 0.2) is 5.78 Å². The van der Waals surface area contributed by atoms with Crippen molar-refractivity contribution in [1.29, 1.82) is 0 Å². The Kier molecular flexibility index (Phi) is 4.37. The lowest BCUT2D eigenvalue weighted by molar-refractivity contribution is 0.0894. The highest BCUT2D eigenvalue weighted by Crippen LogP contribution is 2.25. The zero-order valence-corrected chi connectivity index (χ0v) is 11.1. The molecule has 0 aliphatic carbocycles. The summed E-state index contributed by atoms with van der Waals surface area (Å²) < 4.78 is 5.72. The fraction of sp³-hybridized carbons (Fsp3) is 0.533. The Balaban J connectivity index is 2.18. The molecule has 1 aliphatic rings. The lowest BCUT2D eigenvalue weighted by Gasteiger charge is -2.23. The third-order valence-corrected chi connectivity index (χ3v) is 3.18. The lowest BCUT2D eigenvalue weighted by Crippen LogP contribution is -2.34. The number of ketones is 1. The summed E-state index contributed by atoms with van der Waals surface area (Å²) in [6.07, 6.45) is 2.13. The number of ether oxygens (including phenoxy) is 1. The van der Waals surface area contributed by atoms with Gasteiger partial charge in [0.2, 0.25) is 0 Å². The van der Waals surface area contributed by atoms with Crippen molar-refractivity contribution in [3.63, 3.8) is 0 Å². The van der Waals surface area contributed by atoms with Crippen molar-refractivity contribution < 1.29 is 9.53 Å². The molecule has 1 aromatic carbocycles. The molecule has 1 unspecified atom stereocenters. The monoisotopic (exact) mass is 247 g/mol. The number of hydrogen-bond acceptors (Lipinski definition) is 3. The third kappa shape index (κ3) is 3.10. The van der Waals surface area contributed by atoms with E-state index in [1.165, 1.54) is 0 Å². The number of nitrogens with one attached hydrogen (secondary N) is 1. The van der Waals surface area contributed by atoms with Crippen LogP contribution in [0.4, 0.5) is 0 Å². The van der Waals surface area contributed by atoms with Gasteiger partial charge in [-0.1, -0.05) is 12.1 Å². The average molecular weight is 247 g/mol. The minimum absolute atomic E-state index is 0.0865. The second-order valence-corrected chi connectivity index (χ2v) is 5.07. The van der Waals surface area contributed by atoms with Crippen LogP contribution in [0, 0.1) is 5.92 Å². The van der Waals surface area contributed by atoms with Gasteiger partial charge in [0.25, 0.3) is 0 Å². The summed E-state index contributed by atoms with van der Waals surface area (Å²) in [6.45, 7) is 5.76. The molecule has 3 heteroatoms. The number of hydrogen-bond donors (Lipinski definition) is 1. The van der Waals surface area contributed by atoms with Crippen molar-refractivity contribution in [1.82, 2.24) is 5.32 Å². The van der Waals surface area contributed by atoms with Gasteiger partial charge in [0.1, 0.15) is 5.75 Å². The first-order chi connectivity index (χ1) is 8.68. The van der Waals surface area contributed by atoms with Crippen LogP contribution in [0.25, 0.3) is 0 Å². The average Bonchev–Trinajstić information content (AvgIpc) is 2.39. The molecule has 1 fully saturated rings. The molecule has 1 heterocycles. The van der Waals surface area contributed by atoms with Gasteiger partial charge in [0, 0.05) is 12.5 Å². The van der Waals surface area contributed by atoms with E-state index in [-0.39, 0.29) is 17.8 Å². The van der Waals surface area contributed by atoms with E-state index in [9.17, 15) is 4.79 Å². The minimum atomic E-state index is 0.0865. The predicted molar refractivity (Wildman–Crippen MR) is 72.1 cm³/mol. The molecular formula is C15H21NO2. The van der Waals surface area contributed by atoms with Gasteiger partial charge in [-0.2, -0.15) is 0 Å². The van der Waals surface area contributed by atoms with Crippen molar-refractivity contribution in [3.8, 4) is 5.75 Å². The lowest BCUT2D eigenvalue weighted by atomic mass is 9.90. The molecule has 0 aromatic heterocycles. The van der Waals surface area contributed by atoms with E-state index < -0.39 is 0 Å². The van der Waals surface area contributed by atoms with E-state index in [1.54, 1.807) is 0 Å². The summed E-state index contributed by atoms with van der Waals surface area (Å²) in [5, 5.41) is 3.28. The van der Waals surface area contributed by atoms with Gasteiger partial charge < -0.3 is 10.1 Å². The molecule has 0 saturated carbocycles. The highest BCUT2D eigenvalue weighted by atomic mass is 16.5. The maximum absolute atomic E-state index is 12.5. The van der Waals surface area contributed by atoms with Crippen LogP contribution in [0.1, 0.15) is 37.0 Å². The van der Waals surface area contributed by atoms with Crippen LogP contribution in [-0.2, 0) is 0 Å². The summed E-state index contributed by atoms with van der Waals surface area (Å²) in [5.41, 5.74) is 0.722. The molecule has 1 saturated heterocycles. The normalized spacial score (nSPS) is 19.8. The van der Waals surface area contributed by atoms with Crippen LogP contribution in [-0.4, -0.2) is 25.0 Å². The zero-order valence-electron chi connectivity index (χ0n) is 11.1. The standard InChI is InChI=1S/C15H21NO2/c1-11(2)18-14-8-4-3-7-13(14)15(17)12-6-5-9-16-10-12/h3-4,7-8,11-12,16H,5-6,9-10H2,1-2H3. The molecule has 1 atom stereocenters. The van der Waals surface area contributed by atoms with E-state index in [2.05, 4.69) is 5.32 Å². The number of piperidine rings is 1. The van der Waals surface area contributed by atoms with Crippen LogP contribution in [0.3, 0.4) is 0 Å². The largest absolute Gasteiger partial charge is 0.490 e. The predicted octanol–water partition coefficient (Wildman–Crippen LogP) is 2.66. The number of carbonyl (C=O) groups excluding carboxylic acids is 1. The zero-order chi connectivity index (χ0) is 13.0. The number of carbonyl (C=O) groups is 1. The fourth-order valence-corrected chi connectivity index (χ4v) is 2.32. The van der Waals surface area contributed by atoms with Crippen LogP contribution < -0.4 is 10.1 Å². The number of para-hydroxylation sites is 1. The molecule has 3 nitrogen and oxygen atoms in total. The first-order valence-corrected chi connectivity index (χ1v) is 6.69. The van der Waals surface area contributed by atoms with E-state index in [4.69, 9.17) is 4.74 Å². The quantitative estimate of drug-likeness (QED) is 0.831. The van der Waals surface area contributed by atoms with Gasteiger partial charge in [-0.25, -0.2) is 0 Å². The van der Waals surface area contributed by atoms with Gasteiger partial charge in [0.05, 0.1) is 11.7 Å². The van der Waals surface area contributed by atoms with Gasteiger partial charge in [-0.3, -0.25) is 4.79 Å². The van der Waals surface area contributed by atoms with Gasteiger partial charge in [-0.05, 0) is 45.4 Å². The second kappa shape index (κ2) is 6.01. The van der Waals surface area contributed by atoms with Gasteiger partial charge in [-0.15, -0.1) is 0 Å². The molecule has 1 aromatic rings. The highest BCUT2D eigenvalue weighted by molar-refractivity contribution is 6.00. The fourth-order valence-electron chi connectivity index (χ4n) is 2.32. The van der Waals surface area contributed by atoms with Crippen LogP contribution >= 0.6 is 0 Å². The summed E-state index contributed by atoms with van der Waals surface area (Å²) in [7, 11) is 0. The molecule has 18 heavy (non-hydrogen) atoms. The molecule has 0 radical (unpaired) electrons. The Hall–Kier alpha value is -1.35. The van der Waals surface area contributed by atoms with Crippen molar-refractivity contribution >= 4 is 5.78 Å². The molecule has 0 bridgehead atoms. The summed E-state index contributed by atoms with van der Waals surface area (Å²) in [6, 6.07) is 7.56. The Labute approximate surface area is 109 Å². The maximum atomic E-state index is 12.5. The van der Waals surface area contributed by atoms with E-state index in [0.717, 1.165) is 31.5 Å². The minimum Gasteiger partial charge on any atom is -0.490 e. The maximum Gasteiger partial charge on any atom is 0.170 e. The number of Topliss-reactive ketones (excluding diaryl/α,β-unsaturated/α-hetero) is 1. The molecule has 0 amide bonds. The summed E-state index contributed by atoms with van der Waals surface area (Å²) in [5.74, 6) is 1.01. The molecular weight excluding hydrogens is 226 g/mol. The first kappa shape index (κ1) is 13.1. The molecule has 0 spiro atoms. The Morgan fingerprint density at radius 1 is 1.39 bits per heavy atom. The SMILES string of the molecule is CC(C)Oc1ccccc1C(=O)C1CCCNC1. The third-order valence-electron chi connectivity index (χ3n) is 3.18. The highest BCUT2D eigenvalue weighted by Gasteiger charge is 2.24. The van der Waals surface area contributed by atoms with E-state index >= 15 is 0 Å². The van der Waals surface area contributed by atoms with Crippen molar-refractivity contribution in [3.05, 3.63) is 29.8 Å². The van der Waals surface area contributed by atoms with Crippen LogP contribution in [0.15, 0.2) is 24.3 Å². The van der Waals surface area contributed by atoms with Crippen molar-refractivity contribution in [2.75, 3.05) is 13.1 Å². The van der Waals surface area contributed by atoms with Gasteiger partial charge >= 0.3 is 0 Å². The molecule has 1 N–H and O–H groups in total. The number of benzene rings is 1. The Bertz CT molecular complexity index is 409. The smallest absolute Gasteiger partial charge is 0.170 e. The van der Waals surface area contributed by atoms with E-state index in [1.807, 2.05) is 38.1 Å². The van der Waals surface area contributed by atoms with E-state index in [0.29, 0.717) is 5.75 Å². The topological polar surface area (TPSA) is 38.3 Å². The van der Waals surface area contributed by atoms with Crippen molar-refractivity contribution in [2.45, 2.75) is 32.8 Å². The first-order valence-electron chi connectivity index (χ1n) is 6.69. The Morgan fingerprint density at radius 3 is 2.83 bits per heavy atom. The number of rotatable bonds is 4. The van der Waals surface area contributed by atoms with Crippen LogP contribution in [0.5, 0.6) is 5.75 Å². The van der Waals surface area contributed by atoms with Crippen LogP contribution in [0.2, 0.25) is 0 Å².